The van der Waals surface area contributed by atoms with Gasteiger partial charge in [-0.05, 0) is 43.7 Å². The summed E-state index contributed by atoms with van der Waals surface area (Å²) in [7, 11) is 0. The number of nitrogens with zero attached hydrogens (tertiary/aromatic N) is 2. The van der Waals surface area contributed by atoms with Crippen molar-refractivity contribution in [2.75, 3.05) is 13.1 Å². The Kier molecular flexibility index (Phi) is 2.69. The van der Waals surface area contributed by atoms with Crippen molar-refractivity contribution in [1.29, 1.82) is 0 Å². The van der Waals surface area contributed by atoms with E-state index < -0.39 is 0 Å². The molecule has 94 valence electrons. The van der Waals surface area contributed by atoms with Gasteiger partial charge in [-0.2, -0.15) is 4.98 Å². The van der Waals surface area contributed by atoms with Crippen molar-refractivity contribution in [2.45, 2.75) is 45.4 Å². The molecule has 1 aromatic rings. The monoisotopic (exact) mass is 235 g/mol. The highest BCUT2D eigenvalue weighted by molar-refractivity contribution is 5.14. The number of hydrogen-bond acceptors (Lipinski definition) is 4. The molecular formula is C13H21N3O. The molecule has 2 aliphatic rings. The molecule has 4 nitrogen and oxygen atoms in total. The molecule has 0 spiro atoms. The minimum atomic E-state index is 0.385. The van der Waals surface area contributed by atoms with E-state index in [0.29, 0.717) is 11.3 Å². The number of aromatic nitrogens is 2. The third-order valence-corrected chi connectivity index (χ3v) is 4.23. The second-order valence-electron chi connectivity index (χ2n) is 6.19. The SMILES string of the molecule is CC1(C)CC1c1noc(CC2CCNCC2)n1. The van der Waals surface area contributed by atoms with E-state index in [9.17, 15) is 0 Å². The number of rotatable bonds is 3. The highest BCUT2D eigenvalue weighted by atomic mass is 16.5. The first-order valence-electron chi connectivity index (χ1n) is 6.68. The lowest BCUT2D eigenvalue weighted by Gasteiger charge is -2.20. The molecule has 1 aliphatic heterocycles. The maximum absolute atomic E-state index is 5.38. The standard InChI is InChI=1S/C13H21N3O/c1-13(2)8-10(13)12-15-11(17-16-12)7-9-3-5-14-6-4-9/h9-10,14H,3-8H2,1-2H3. The van der Waals surface area contributed by atoms with E-state index in [1.807, 2.05) is 0 Å². The van der Waals surface area contributed by atoms with Gasteiger partial charge in [0.25, 0.3) is 0 Å². The summed E-state index contributed by atoms with van der Waals surface area (Å²) in [5.74, 6) is 3.01. The van der Waals surface area contributed by atoms with Crippen molar-refractivity contribution >= 4 is 0 Å². The molecule has 1 atom stereocenters. The summed E-state index contributed by atoms with van der Waals surface area (Å²) in [5.41, 5.74) is 0.385. The van der Waals surface area contributed by atoms with E-state index in [2.05, 4.69) is 29.3 Å². The Labute approximate surface area is 102 Å². The van der Waals surface area contributed by atoms with E-state index in [1.165, 1.54) is 19.3 Å². The highest BCUT2D eigenvalue weighted by Crippen LogP contribution is 2.57. The lowest BCUT2D eigenvalue weighted by molar-refractivity contribution is 0.311. The predicted molar refractivity (Wildman–Crippen MR) is 64.7 cm³/mol. The summed E-state index contributed by atoms with van der Waals surface area (Å²) < 4.78 is 5.38. The van der Waals surface area contributed by atoms with Gasteiger partial charge in [-0.3, -0.25) is 0 Å². The van der Waals surface area contributed by atoms with E-state index in [4.69, 9.17) is 4.52 Å². The average Bonchev–Trinajstić information content (AvgIpc) is 2.74. The molecule has 2 heterocycles. The smallest absolute Gasteiger partial charge is 0.226 e. The van der Waals surface area contributed by atoms with Gasteiger partial charge in [0.2, 0.25) is 5.89 Å². The predicted octanol–water partition coefficient (Wildman–Crippen LogP) is 2.13. The number of hydrogen-bond donors (Lipinski definition) is 1. The van der Waals surface area contributed by atoms with Crippen LogP contribution in [0.25, 0.3) is 0 Å². The molecule has 1 saturated carbocycles. The van der Waals surface area contributed by atoms with Crippen molar-refractivity contribution in [3.05, 3.63) is 11.7 Å². The third kappa shape index (κ3) is 2.37. The molecule has 0 amide bonds. The Morgan fingerprint density at radius 2 is 2.06 bits per heavy atom. The third-order valence-electron chi connectivity index (χ3n) is 4.23. The molecule has 1 N–H and O–H groups in total. The second kappa shape index (κ2) is 4.09. The van der Waals surface area contributed by atoms with Gasteiger partial charge in [-0.15, -0.1) is 0 Å². The molecule has 4 heteroatoms. The van der Waals surface area contributed by atoms with Crippen molar-refractivity contribution in [1.82, 2.24) is 15.5 Å². The fourth-order valence-electron chi connectivity index (χ4n) is 2.73. The lowest BCUT2D eigenvalue weighted by Crippen LogP contribution is -2.28. The largest absolute Gasteiger partial charge is 0.339 e. The zero-order chi connectivity index (χ0) is 11.9. The molecule has 3 rings (SSSR count). The summed E-state index contributed by atoms with van der Waals surface area (Å²) in [6.07, 6.45) is 4.61. The maximum atomic E-state index is 5.38. The Bertz CT molecular complexity index is 393. The zero-order valence-electron chi connectivity index (χ0n) is 10.7. The van der Waals surface area contributed by atoms with E-state index in [-0.39, 0.29) is 0 Å². The van der Waals surface area contributed by atoms with Gasteiger partial charge < -0.3 is 9.84 Å². The molecule has 2 fully saturated rings. The Morgan fingerprint density at radius 3 is 2.71 bits per heavy atom. The average molecular weight is 235 g/mol. The van der Waals surface area contributed by atoms with Crippen LogP contribution in [0.15, 0.2) is 4.52 Å². The first-order valence-corrected chi connectivity index (χ1v) is 6.68. The van der Waals surface area contributed by atoms with Gasteiger partial charge in [-0.1, -0.05) is 19.0 Å². The molecule has 1 aliphatic carbocycles. The van der Waals surface area contributed by atoms with Crippen molar-refractivity contribution in [2.24, 2.45) is 11.3 Å². The number of piperidine rings is 1. The van der Waals surface area contributed by atoms with E-state index in [1.54, 1.807) is 0 Å². The summed E-state index contributed by atoms with van der Waals surface area (Å²) in [4.78, 5) is 4.56. The van der Waals surface area contributed by atoms with E-state index in [0.717, 1.165) is 37.1 Å². The van der Waals surface area contributed by atoms with Crippen molar-refractivity contribution in [3.8, 4) is 0 Å². The summed E-state index contributed by atoms with van der Waals surface area (Å²) in [6, 6.07) is 0. The van der Waals surface area contributed by atoms with Crippen molar-refractivity contribution < 1.29 is 4.52 Å². The summed E-state index contributed by atoms with van der Waals surface area (Å²) >= 11 is 0. The first kappa shape index (κ1) is 11.2. The molecule has 0 radical (unpaired) electrons. The molecule has 0 aromatic carbocycles. The van der Waals surface area contributed by atoms with Gasteiger partial charge in [-0.25, -0.2) is 0 Å². The normalized spacial score (nSPS) is 28.2. The lowest BCUT2D eigenvalue weighted by atomic mass is 9.95. The van der Waals surface area contributed by atoms with E-state index >= 15 is 0 Å². The quantitative estimate of drug-likeness (QED) is 0.872. The van der Waals surface area contributed by atoms with Crippen LogP contribution in [-0.4, -0.2) is 23.2 Å². The molecule has 1 aromatic heterocycles. The van der Waals surface area contributed by atoms with Crippen LogP contribution in [0.3, 0.4) is 0 Å². The van der Waals surface area contributed by atoms with Crippen LogP contribution in [0.2, 0.25) is 0 Å². The van der Waals surface area contributed by atoms with Crippen LogP contribution >= 0.6 is 0 Å². The van der Waals surface area contributed by atoms with Crippen LogP contribution in [0.4, 0.5) is 0 Å². The molecule has 17 heavy (non-hydrogen) atoms. The fourth-order valence-corrected chi connectivity index (χ4v) is 2.73. The molecular weight excluding hydrogens is 214 g/mol. The van der Waals surface area contributed by atoms with Gasteiger partial charge >= 0.3 is 0 Å². The maximum Gasteiger partial charge on any atom is 0.226 e. The first-order chi connectivity index (χ1) is 8.15. The molecule has 0 bridgehead atoms. The van der Waals surface area contributed by atoms with Crippen LogP contribution < -0.4 is 5.32 Å². The van der Waals surface area contributed by atoms with Gasteiger partial charge in [0, 0.05) is 12.3 Å². The van der Waals surface area contributed by atoms with Gasteiger partial charge in [0.05, 0.1) is 0 Å². The Morgan fingerprint density at radius 1 is 1.35 bits per heavy atom. The summed E-state index contributed by atoms with van der Waals surface area (Å²) in [5, 5.41) is 7.52. The van der Waals surface area contributed by atoms with Crippen LogP contribution in [-0.2, 0) is 6.42 Å². The minimum absolute atomic E-state index is 0.385. The van der Waals surface area contributed by atoms with Gasteiger partial charge in [0.15, 0.2) is 5.82 Å². The topological polar surface area (TPSA) is 51.0 Å². The van der Waals surface area contributed by atoms with Crippen LogP contribution in [0.5, 0.6) is 0 Å². The Balaban J connectivity index is 1.61. The second-order valence-corrected chi connectivity index (χ2v) is 6.19. The van der Waals surface area contributed by atoms with Gasteiger partial charge in [0.1, 0.15) is 0 Å². The van der Waals surface area contributed by atoms with Crippen LogP contribution in [0.1, 0.15) is 50.7 Å². The molecule has 1 saturated heterocycles. The molecule has 1 unspecified atom stereocenters. The highest BCUT2D eigenvalue weighted by Gasteiger charge is 2.49. The van der Waals surface area contributed by atoms with Crippen LogP contribution in [0, 0.1) is 11.3 Å². The van der Waals surface area contributed by atoms with Crippen molar-refractivity contribution in [3.63, 3.8) is 0 Å². The zero-order valence-corrected chi connectivity index (χ0v) is 10.7. The Hall–Kier alpha value is -0.900. The summed E-state index contributed by atoms with van der Waals surface area (Å²) in [6.45, 7) is 6.78. The minimum Gasteiger partial charge on any atom is -0.339 e. The number of nitrogens with one attached hydrogen (secondary N) is 1. The fraction of sp³-hybridized carbons (Fsp3) is 0.846.